The van der Waals surface area contributed by atoms with E-state index in [9.17, 15) is 10.1 Å². The Hall–Kier alpha value is -3.84. The van der Waals surface area contributed by atoms with Gasteiger partial charge < -0.3 is 10.6 Å². The number of hydrogen-bond donors (Lipinski definition) is 2. The van der Waals surface area contributed by atoms with Gasteiger partial charge in [-0.3, -0.25) is 4.79 Å². The molecule has 1 amide bonds. The van der Waals surface area contributed by atoms with Gasteiger partial charge in [-0.15, -0.1) is 0 Å². The predicted octanol–water partition coefficient (Wildman–Crippen LogP) is 4.13. The topological polar surface area (TPSA) is 64.9 Å². The quantitative estimate of drug-likeness (QED) is 0.455. The predicted molar refractivity (Wildman–Crippen MR) is 115 cm³/mol. The highest BCUT2D eigenvalue weighted by atomic mass is 16.1. The summed E-state index contributed by atoms with van der Waals surface area (Å²) in [6, 6.07) is 31.6. The molecule has 29 heavy (non-hydrogen) atoms. The number of benzene rings is 3. The molecule has 0 fully saturated rings. The van der Waals surface area contributed by atoms with Crippen molar-refractivity contribution in [2.24, 2.45) is 0 Å². The van der Waals surface area contributed by atoms with E-state index in [-0.39, 0.29) is 17.5 Å². The molecule has 3 rings (SSSR count). The Morgan fingerprint density at radius 3 is 1.90 bits per heavy atom. The minimum absolute atomic E-state index is 0.0509. The van der Waals surface area contributed by atoms with E-state index in [1.165, 1.54) is 6.20 Å². The molecule has 0 bridgehead atoms. The largest absolute Gasteiger partial charge is 0.379 e. The average Bonchev–Trinajstić information content (AvgIpc) is 2.78. The van der Waals surface area contributed by atoms with Gasteiger partial charge in [-0.2, -0.15) is 5.26 Å². The fourth-order valence-electron chi connectivity index (χ4n) is 3.05. The van der Waals surface area contributed by atoms with E-state index in [1.807, 2.05) is 97.1 Å². The summed E-state index contributed by atoms with van der Waals surface area (Å²) < 4.78 is 0. The first-order valence-electron chi connectivity index (χ1n) is 9.56. The molecule has 0 unspecified atom stereocenters. The van der Waals surface area contributed by atoms with Crippen LogP contribution in [-0.4, -0.2) is 12.5 Å². The molecule has 3 aromatic rings. The lowest BCUT2D eigenvalue weighted by atomic mass is 9.99. The molecular weight excluding hydrogens is 358 g/mol. The molecule has 4 heteroatoms. The number of carbonyl (C=O) groups is 1. The lowest BCUT2D eigenvalue weighted by Gasteiger charge is -2.19. The van der Waals surface area contributed by atoms with Gasteiger partial charge in [-0.1, -0.05) is 91.0 Å². The number of rotatable bonds is 8. The van der Waals surface area contributed by atoms with Crippen LogP contribution in [0.2, 0.25) is 0 Å². The number of nitrogens with one attached hydrogen (secondary N) is 2. The molecule has 2 N–H and O–H groups in total. The number of carbonyl (C=O) groups excluding carboxylic acids is 1. The van der Waals surface area contributed by atoms with Gasteiger partial charge in [0, 0.05) is 12.7 Å². The Morgan fingerprint density at radius 2 is 1.38 bits per heavy atom. The fourth-order valence-corrected chi connectivity index (χ4v) is 3.05. The Labute approximate surface area is 171 Å². The molecule has 0 saturated carbocycles. The molecule has 0 atom stereocenters. The van der Waals surface area contributed by atoms with Crippen LogP contribution in [0.1, 0.15) is 22.7 Å². The van der Waals surface area contributed by atoms with E-state index >= 15 is 0 Å². The van der Waals surface area contributed by atoms with Crippen LogP contribution in [0.5, 0.6) is 0 Å². The lowest BCUT2D eigenvalue weighted by Crippen LogP contribution is -2.28. The van der Waals surface area contributed by atoms with Gasteiger partial charge in [0.2, 0.25) is 0 Å². The molecule has 0 aliphatic rings. The summed E-state index contributed by atoms with van der Waals surface area (Å²) in [4.78, 5) is 12.4. The Morgan fingerprint density at radius 1 is 0.862 bits per heavy atom. The van der Waals surface area contributed by atoms with E-state index in [1.54, 1.807) is 0 Å². The molecule has 0 aliphatic heterocycles. The summed E-state index contributed by atoms with van der Waals surface area (Å²) in [5.41, 5.74) is 3.30. The summed E-state index contributed by atoms with van der Waals surface area (Å²) in [7, 11) is 0. The van der Waals surface area contributed by atoms with Crippen molar-refractivity contribution in [2.45, 2.75) is 12.5 Å². The number of amides is 1. The lowest BCUT2D eigenvalue weighted by molar-refractivity contribution is -0.117. The molecule has 4 nitrogen and oxygen atoms in total. The van der Waals surface area contributed by atoms with Crippen LogP contribution in [-0.2, 0) is 11.2 Å². The monoisotopic (exact) mass is 381 g/mol. The van der Waals surface area contributed by atoms with Crippen LogP contribution < -0.4 is 10.6 Å². The minimum atomic E-state index is -0.379. The van der Waals surface area contributed by atoms with E-state index in [2.05, 4.69) is 10.6 Å². The maximum Gasteiger partial charge on any atom is 0.263 e. The maximum absolute atomic E-state index is 12.4. The summed E-state index contributed by atoms with van der Waals surface area (Å²) >= 11 is 0. The van der Waals surface area contributed by atoms with Crippen molar-refractivity contribution in [3.63, 3.8) is 0 Å². The number of nitrogens with zero attached hydrogens (tertiary/aromatic N) is 1. The molecule has 0 spiro atoms. The molecular formula is C25H23N3O. The standard InChI is InChI=1S/C25H23N3O/c26-18-23(25(29)27-17-16-20-10-4-1-5-11-20)19-28-24(21-12-6-2-7-13-21)22-14-8-3-9-15-22/h1-15,19,24,28H,16-17H2,(H,27,29)/b23-19-. The van der Waals surface area contributed by atoms with Gasteiger partial charge in [-0.05, 0) is 23.1 Å². The third-order valence-electron chi connectivity index (χ3n) is 4.57. The van der Waals surface area contributed by atoms with Crippen molar-refractivity contribution < 1.29 is 4.79 Å². The van der Waals surface area contributed by atoms with Gasteiger partial charge in [0.05, 0.1) is 6.04 Å². The summed E-state index contributed by atoms with van der Waals surface area (Å²) in [5.74, 6) is -0.379. The fraction of sp³-hybridized carbons (Fsp3) is 0.120. The van der Waals surface area contributed by atoms with Gasteiger partial charge in [0.15, 0.2) is 0 Å². The molecule has 3 aromatic carbocycles. The van der Waals surface area contributed by atoms with E-state index < -0.39 is 0 Å². The second-order valence-corrected chi connectivity index (χ2v) is 6.58. The first-order chi connectivity index (χ1) is 14.3. The van der Waals surface area contributed by atoms with Crippen LogP contribution in [0.25, 0.3) is 0 Å². The second kappa shape index (κ2) is 10.5. The third-order valence-corrected chi connectivity index (χ3v) is 4.57. The number of nitriles is 1. The van der Waals surface area contributed by atoms with Crippen LogP contribution >= 0.6 is 0 Å². The van der Waals surface area contributed by atoms with Crippen molar-refractivity contribution in [3.8, 4) is 6.07 Å². The highest BCUT2D eigenvalue weighted by Crippen LogP contribution is 2.21. The van der Waals surface area contributed by atoms with Crippen LogP contribution in [0.15, 0.2) is 103 Å². The normalized spacial score (nSPS) is 11.0. The first kappa shape index (κ1) is 19.9. The average molecular weight is 381 g/mol. The zero-order valence-corrected chi connectivity index (χ0v) is 16.1. The zero-order valence-electron chi connectivity index (χ0n) is 16.1. The Bertz CT molecular complexity index is 937. The summed E-state index contributed by atoms with van der Waals surface area (Å²) in [6.07, 6.45) is 2.22. The SMILES string of the molecule is N#C/C(=C/NC(c1ccccc1)c1ccccc1)C(=O)NCCc1ccccc1. The summed E-state index contributed by atoms with van der Waals surface area (Å²) in [5, 5.41) is 15.5. The minimum Gasteiger partial charge on any atom is -0.379 e. The summed E-state index contributed by atoms with van der Waals surface area (Å²) in [6.45, 7) is 0.475. The first-order valence-corrected chi connectivity index (χ1v) is 9.56. The Kier molecular flexibility index (Phi) is 7.20. The zero-order chi connectivity index (χ0) is 20.3. The van der Waals surface area contributed by atoms with Gasteiger partial charge in [-0.25, -0.2) is 0 Å². The molecule has 144 valence electrons. The molecule has 0 aromatic heterocycles. The van der Waals surface area contributed by atoms with E-state index in [0.29, 0.717) is 6.54 Å². The highest BCUT2D eigenvalue weighted by molar-refractivity contribution is 5.97. The highest BCUT2D eigenvalue weighted by Gasteiger charge is 2.14. The second-order valence-electron chi connectivity index (χ2n) is 6.58. The third kappa shape index (κ3) is 5.82. The van der Waals surface area contributed by atoms with Crippen LogP contribution in [0, 0.1) is 11.3 Å². The maximum atomic E-state index is 12.4. The van der Waals surface area contributed by atoms with Gasteiger partial charge >= 0.3 is 0 Å². The van der Waals surface area contributed by atoms with E-state index in [4.69, 9.17) is 0 Å². The van der Waals surface area contributed by atoms with Crippen molar-refractivity contribution >= 4 is 5.91 Å². The van der Waals surface area contributed by atoms with Crippen molar-refractivity contribution in [1.82, 2.24) is 10.6 Å². The van der Waals surface area contributed by atoms with E-state index in [0.717, 1.165) is 23.1 Å². The van der Waals surface area contributed by atoms with Crippen LogP contribution in [0.3, 0.4) is 0 Å². The van der Waals surface area contributed by atoms with Crippen LogP contribution in [0.4, 0.5) is 0 Å². The van der Waals surface area contributed by atoms with Crippen molar-refractivity contribution in [1.29, 1.82) is 5.26 Å². The smallest absolute Gasteiger partial charge is 0.263 e. The molecule has 0 aliphatic carbocycles. The van der Waals surface area contributed by atoms with Crippen molar-refractivity contribution in [2.75, 3.05) is 6.54 Å². The van der Waals surface area contributed by atoms with Gasteiger partial charge in [0.1, 0.15) is 11.6 Å². The van der Waals surface area contributed by atoms with Gasteiger partial charge in [0.25, 0.3) is 5.91 Å². The Balaban J connectivity index is 1.68. The molecule has 0 saturated heterocycles. The molecule has 0 radical (unpaired) electrons. The van der Waals surface area contributed by atoms with Crippen molar-refractivity contribution in [3.05, 3.63) is 119 Å². The molecule has 0 heterocycles. The number of hydrogen-bond acceptors (Lipinski definition) is 3.